The molecule has 2 N–H and O–H groups in total. The Balaban J connectivity index is 2.98. The summed E-state index contributed by atoms with van der Waals surface area (Å²) < 4.78 is 39.7. The van der Waals surface area contributed by atoms with Crippen LogP contribution in [0.5, 0.6) is 0 Å². The number of aliphatic hydroxyl groups excluding tert-OH is 1. The third-order valence-electron chi connectivity index (χ3n) is 2.96. The summed E-state index contributed by atoms with van der Waals surface area (Å²) in [7, 11) is -3.94. The fourth-order valence-corrected chi connectivity index (χ4v) is 2.96. The van der Waals surface area contributed by atoms with Crippen LogP contribution in [0.2, 0.25) is 0 Å². The Kier molecular flexibility index (Phi) is 5.25. The molecule has 0 bridgehead atoms. The van der Waals surface area contributed by atoms with E-state index in [1.54, 1.807) is 0 Å². The quantitative estimate of drug-likeness (QED) is 0.827. The lowest BCUT2D eigenvalue weighted by Crippen LogP contribution is -2.42. The third kappa shape index (κ3) is 3.51. The Hall–Kier alpha value is -0.980. The van der Waals surface area contributed by atoms with Crippen LogP contribution in [0.3, 0.4) is 0 Å². The van der Waals surface area contributed by atoms with E-state index in [2.05, 4.69) is 4.72 Å². The minimum Gasteiger partial charge on any atom is -0.395 e. The van der Waals surface area contributed by atoms with Gasteiger partial charge in [-0.25, -0.2) is 17.5 Å². The average Bonchev–Trinajstić information content (AvgIpc) is 2.35. The molecule has 18 heavy (non-hydrogen) atoms. The highest BCUT2D eigenvalue weighted by Crippen LogP contribution is 2.16. The fourth-order valence-electron chi connectivity index (χ4n) is 1.54. The zero-order valence-electron chi connectivity index (χ0n) is 10.4. The summed E-state index contributed by atoms with van der Waals surface area (Å²) in [6.07, 6.45) is 0.713. The lowest BCUT2D eigenvalue weighted by molar-refractivity contribution is 0.219. The summed E-state index contributed by atoms with van der Waals surface area (Å²) in [6.45, 7) is 3.40. The second-order valence-electron chi connectivity index (χ2n) is 4.23. The molecule has 0 aromatic heterocycles. The van der Waals surface area contributed by atoms with Crippen molar-refractivity contribution in [2.75, 3.05) is 6.61 Å². The molecule has 0 aliphatic rings. The smallest absolute Gasteiger partial charge is 0.243 e. The van der Waals surface area contributed by atoms with E-state index in [1.165, 1.54) is 18.2 Å². The molecule has 102 valence electrons. The van der Waals surface area contributed by atoms with Gasteiger partial charge in [-0.1, -0.05) is 32.4 Å². The van der Waals surface area contributed by atoms with Gasteiger partial charge < -0.3 is 5.11 Å². The fraction of sp³-hybridized carbons (Fsp3) is 0.500. The number of halogens is 1. The van der Waals surface area contributed by atoms with E-state index in [0.717, 1.165) is 6.07 Å². The molecule has 0 heterocycles. The maximum atomic E-state index is 13.4. The molecule has 2 atom stereocenters. The van der Waals surface area contributed by atoms with Crippen molar-refractivity contribution in [1.82, 2.24) is 4.72 Å². The molecule has 0 aliphatic heterocycles. The summed E-state index contributed by atoms with van der Waals surface area (Å²) in [6, 6.07) is 4.55. The van der Waals surface area contributed by atoms with Crippen LogP contribution >= 0.6 is 0 Å². The summed E-state index contributed by atoms with van der Waals surface area (Å²) in [5.74, 6) is -0.831. The number of hydrogen-bond donors (Lipinski definition) is 2. The molecular weight excluding hydrogens is 257 g/mol. The standard InChI is InChI=1S/C12H18FNO3S/c1-3-9(2)11(8-15)14-18(16,17)12-7-5-4-6-10(12)13/h4-7,9,11,14-15H,3,8H2,1-2H3. The molecule has 0 radical (unpaired) electrons. The van der Waals surface area contributed by atoms with Crippen LogP contribution in [-0.4, -0.2) is 26.2 Å². The minimum absolute atomic E-state index is 0.0310. The van der Waals surface area contributed by atoms with Gasteiger partial charge in [-0.3, -0.25) is 0 Å². The molecule has 4 nitrogen and oxygen atoms in total. The summed E-state index contributed by atoms with van der Waals surface area (Å²) >= 11 is 0. The zero-order chi connectivity index (χ0) is 13.8. The van der Waals surface area contributed by atoms with E-state index in [4.69, 9.17) is 0 Å². The van der Waals surface area contributed by atoms with Gasteiger partial charge in [0.05, 0.1) is 6.61 Å². The highest BCUT2D eigenvalue weighted by atomic mass is 32.2. The van der Waals surface area contributed by atoms with Gasteiger partial charge in [0.15, 0.2) is 0 Å². The van der Waals surface area contributed by atoms with Crippen molar-refractivity contribution < 1.29 is 17.9 Å². The van der Waals surface area contributed by atoms with Gasteiger partial charge in [-0.2, -0.15) is 0 Å². The predicted molar refractivity (Wildman–Crippen MR) is 67.1 cm³/mol. The molecule has 1 aromatic rings. The number of rotatable bonds is 6. The number of aliphatic hydroxyl groups is 1. The first-order valence-corrected chi connectivity index (χ1v) is 7.28. The largest absolute Gasteiger partial charge is 0.395 e. The zero-order valence-corrected chi connectivity index (χ0v) is 11.2. The van der Waals surface area contributed by atoms with Crippen LogP contribution in [0.15, 0.2) is 29.2 Å². The van der Waals surface area contributed by atoms with E-state index >= 15 is 0 Å². The maximum Gasteiger partial charge on any atom is 0.243 e. The van der Waals surface area contributed by atoms with Crippen LogP contribution in [0.4, 0.5) is 4.39 Å². The lowest BCUT2D eigenvalue weighted by atomic mass is 10.0. The van der Waals surface area contributed by atoms with E-state index in [1.807, 2.05) is 13.8 Å². The Bertz CT molecular complexity index is 490. The Morgan fingerprint density at radius 1 is 1.39 bits per heavy atom. The minimum atomic E-state index is -3.94. The van der Waals surface area contributed by atoms with Gasteiger partial charge >= 0.3 is 0 Å². The third-order valence-corrected chi connectivity index (χ3v) is 4.48. The monoisotopic (exact) mass is 275 g/mol. The highest BCUT2D eigenvalue weighted by Gasteiger charge is 2.25. The Labute approximate surface area is 107 Å². The molecule has 1 aromatic carbocycles. The molecular formula is C12H18FNO3S. The normalized spacial score (nSPS) is 15.3. The van der Waals surface area contributed by atoms with Crippen molar-refractivity contribution in [2.24, 2.45) is 5.92 Å². The molecule has 2 unspecified atom stereocenters. The molecule has 0 fully saturated rings. The molecule has 1 rings (SSSR count). The number of sulfonamides is 1. The van der Waals surface area contributed by atoms with Crippen LogP contribution < -0.4 is 4.72 Å². The number of nitrogens with one attached hydrogen (secondary N) is 1. The van der Waals surface area contributed by atoms with Gasteiger partial charge in [0, 0.05) is 6.04 Å². The van der Waals surface area contributed by atoms with Gasteiger partial charge in [-0.15, -0.1) is 0 Å². The molecule has 0 saturated carbocycles. The van der Waals surface area contributed by atoms with Gasteiger partial charge in [-0.05, 0) is 18.1 Å². The van der Waals surface area contributed by atoms with Crippen LogP contribution in [-0.2, 0) is 10.0 Å². The first kappa shape index (κ1) is 15.1. The van der Waals surface area contributed by atoms with E-state index in [0.29, 0.717) is 6.42 Å². The van der Waals surface area contributed by atoms with Crippen molar-refractivity contribution in [3.8, 4) is 0 Å². The Morgan fingerprint density at radius 3 is 2.50 bits per heavy atom. The van der Waals surface area contributed by atoms with Crippen LogP contribution in [0.25, 0.3) is 0 Å². The van der Waals surface area contributed by atoms with Crippen LogP contribution in [0, 0.1) is 11.7 Å². The predicted octanol–water partition coefficient (Wildman–Crippen LogP) is 1.51. The van der Waals surface area contributed by atoms with Crippen molar-refractivity contribution in [3.63, 3.8) is 0 Å². The Morgan fingerprint density at radius 2 is 2.00 bits per heavy atom. The van der Waals surface area contributed by atoms with Crippen molar-refractivity contribution in [2.45, 2.75) is 31.2 Å². The average molecular weight is 275 g/mol. The molecule has 0 amide bonds. The van der Waals surface area contributed by atoms with E-state index in [9.17, 15) is 17.9 Å². The van der Waals surface area contributed by atoms with E-state index in [-0.39, 0.29) is 12.5 Å². The van der Waals surface area contributed by atoms with Gasteiger partial charge in [0.1, 0.15) is 10.7 Å². The molecule has 0 saturated heterocycles. The lowest BCUT2D eigenvalue weighted by Gasteiger charge is -2.22. The highest BCUT2D eigenvalue weighted by molar-refractivity contribution is 7.89. The summed E-state index contributed by atoms with van der Waals surface area (Å²) in [4.78, 5) is -0.397. The van der Waals surface area contributed by atoms with Gasteiger partial charge in [0.25, 0.3) is 0 Å². The SMILES string of the molecule is CCC(C)C(CO)NS(=O)(=O)c1ccccc1F. The summed E-state index contributed by atoms with van der Waals surface area (Å²) in [5.41, 5.74) is 0. The number of hydrogen-bond acceptors (Lipinski definition) is 3. The second kappa shape index (κ2) is 6.26. The maximum absolute atomic E-state index is 13.4. The number of benzene rings is 1. The topological polar surface area (TPSA) is 66.4 Å². The van der Waals surface area contributed by atoms with Crippen molar-refractivity contribution in [1.29, 1.82) is 0 Å². The first-order chi connectivity index (χ1) is 8.42. The summed E-state index contributed by atoms with van der Waals surface area (Å²) in [5, 5.41) is 9.19. The second-order valence-corrected chi connectivity index (χ2v) is 5.91. The first-order valence-electron chi connectivity index (χ1n) is 5.80. The molecule has 0 spiro atoms. The van der Waals surface area contributed by atoms with Crippen molar-refractivity contribution in [3.05, 3.63) is 30.1 Å². The van der Waals surface area contributed by atoms with Crippen LogP contribution in [0.1, 0.15) is 20.3 Å². The van der Waals surface area contributed by atoms with Crippen molar-refractivity contribution >= 4 is 10.0 Å². The van der Waals surface area contributed by atoms with Gasteiger partial charge in [0.2, 0.25) is 10.0 Å². The van der Waals surface area contributed by atoms with E-state index < -0.39 is 26.8 Å². The molecule has 6 heteroatoms. The molecule has 0 aliphatic carbocycles.